The average Bonchev–Trinajstić information content (AvgIpc) is 2.94. The van der Waals surface area contributed by atoms with Crippen LogP contribution in [0.2, 0.25) is 0 Å². The van der Waals surface area contributed by atoms with Crippen LogP contribution < -0.4 is 10.2 Å². The lowest BCUT2D eigenvalue weighted by molar-refractivity contribution is 0.175. The van der Waals surface area contributed by atoms with E-state index < -0.39 is 0 Å². The molecule has 92 valence electrons. The normalized spacial score (nSPS) is 29.5. The van der Waals surface area contributed by atoms with Gasteiger partial charge in [0.1, 0.15) is 0 Å². The summed E-state index contributed by atoms with van der Waals surface area (Å²) in [5.74, 6) is 0.696. The molecular weight excluding hydrogens is 212 g/mol. The predicted octanol–water partition coefficient (Wildman–Crippen LogP) is 1.50. The van der Waals surface area contributed by atoms with E-state index in [4.69, 9.17) is 4.74 Å². The molecule has 0 bridgehead atoms. The number of rotatable bonds is 2. The molecule has 2 aliphatic heterocycles. The van der Waals surface area contributed by atoms with Crippen LogP contribution in [0.5, 0.6) is 0 Å². The summed E-state index contributed by atoms with van der Waals surface area (Å²) in [6.45, 7) is 5.16. The SMILES string of the molecule is c1ccc(N2CCNC([C@H]3CCOC3)C2)cc1. The van der Waals surface area contributed by atoms with E-state index in [1.807, 2.05) is 0 Å². The third kappa shape index (κ3) is 2.45. The lowest BCUT2D eigenvalue weighted by Crippen LogP contribution is -2.54. The van der Waals surface area contributed by atoms with E-state index in [1.165, 1.54) is 12.1 Å². The summed E-state index contributed by atoms with van der Waals surface area (Å²) in [5, 5.41) is 3.64. The molecule has 1 aromatic carbocycles. The molecule has 3 heteroatoms. The summed E-state index contributed by atoms with van der Waals surface area (Å²) in [5.41, 5.74) is 1.35. The second-order valence-electron chi connectivity index (χ2n) is 4.97. The predicted molar refractivity (Wildman–Crippen MR) is 69.4 cm³/mol. The largest absolute Gasteiger partial charge is 0.381 e. The molecular formula is C14H20N2O. The van der Waals surface area contributed by atoms with E-state index in [0.717, 1.165) is 32.8 Å². The first-order chi connectivity index (χ1) is 8.43. The summed E-state index contributed by atoms with van der Waals surface area (Å²) in [6.07, 6.45) is 1.21. The summed E-state index contributed by atoms with van der Waals surface area (Å²) in [7, 11) is 0. The molecule has 3 rings (SSSR count). The van der Waals surface area contributed by atoms with E-state index in [2.05, 4.69) is 40.5 Å². The summed E-state index contributed by atoms with van der Waals surface area (Å²) in [4.78, 5) is 2.49. The Labute approximate surface area is 103 Å². The maximum atomic E-state index is 5.49. The second-order valence-corrected chi connectivity index (χ2v) is 4.97. The maximum Gasteiger partial charge on any atom is 0.0510 e. The molecule has 2 heterocycles. The van der Waals surface area contributed by atoms with Crippen molar-refractivity contribution in [3.63, 3.8) is 0 Å². The van der Waals surface area contributed by atoms with Crippen LogP contribution in [0.15, 0.2) is 30.3 Å². The first-order valence-corrected chi connectivity index (χ1v) is 6.54. The third-order valence-electron chi connectivity index (χ3n) is 3.86. The Morgan fingerprint density at radius 1 is 1.24 bits per heavy atom. The van der Waals surface area contributed by atoms with Crippen molar-refractivity contribution in [3.8, 4) is 0 Å². The van der Waals surface area contributed by atoms with E-state index in [1.54, 1.807) is 0 Å². The van der Waals surface area contributed by atoms with Gasteiger partial charge in [0.2, 0.25) is 0 Å². The van der Waals surface area contributed by atoms with Crippen LogP contribution in [-0.4, -0.2) is 38.9 Å². The molecule has 1 aromatic rings. The van der Waals surface area contributed by atoms with Crippen molar-refractivity contribution < 1.29 is 4.74 Å². The van der Waals surface area contributed by atoms with Crippen LogP contribution in [-0.2, 0) is 4.74 Å². The number of benzene rings is 1. The molecule has 0 amide bonds. The highest BCUT2D eigenvalue weighted by molar-refractivity contribution is 5.46. The highest BCUT2D eigenvalue weighted by Gasteiger charge is 2.29. The first kappa shape index (κ1) is 11.1. The van der Waals surface area contributed by atoms with Crippen molar-refractivity contribution in [1.29, 1.82) is 0 Å². The molecule has 0 spiro atoms. The second kappa shape index (κ2) is 5.07. The van der Waals surface area contributed by atoms with Gasteiger partial charge in [-0.2, -0.15) is 0 Å². The maximum absolute atomic E-state index is 5.49. The van der Waals surface area contributed by atoms with Gasteiger partial charge >= 0.3 is 0 Å². The summed E-state index contributed by atoms with van der Waals surface area (Å²) >= 11 is 0. The topological polar surface area (TPSA) is 24.5 Å². The van der Waals surface area contributed by atoms with Gasteiger partial charge in [0, 0.05) is 43.9 Å². The Hall–Kier alpha value is -1.06. The highest BCUT2D eigenvalue weighted by atomic mass is 16.5. The number of hydrogen-bond acceptors (Lipinski definition) is 3. The van der Waals surface area contributed by atoms with E-state index >= 15 is 0 Å². The fraction of sp³-hybridized carbons (Fsp3) is 0.571. The van der Waals surface area contributed by atoms with E-state index in [9.17, 15) is 0 Å². The zero-order chi connectivity index (χ0) is 11.5. The molecule has 2 aliphatic rings. The van der Waals surface area contributed by atoms with Crippen molar-refractivity contribution in [2.75, 3.05) is 37.7 Å². The average molecular weight is 232 g/mol. The molecule has 17 heavy (non-hydrogen) atoms. The Morgan fingerprint density at radius 2 is 2.12 bits per heavy atom. The van der Waals surface area contributed by atoms with Crippen LogP contribution in [0.1, 0.15) is 6.42 Å². The van der Waals surface area contributed by atoms with E-state index in [-0.39, 0.29) is 0 Å². The monoisotopic (exact) mass is 232 g/mol. The van der Waals surface area contributed by atoms with Gasteiger partial charge in [-0.25, -0.2) is 0 Å². The van der Waals surface area contributed by atoms with Gasteiger partial charge in [-0.05, 0) is 18.6 Å². The number of ether oxygens (including phenoxy) is 1. The van der Waals surface area contributed by atoms with Crippen LogP contribution >= 0.6 is 0 Å². The molecule has 2 fully saturated rings. The lowest BCUT2D eigenvalue weighted by Gasteiger charge is -2.37. The number of nitrogens with zero attached hydrogens (tertiary/aromatic N) is 1. The zero-order valence-electron chi connectivity index (χ0n) is 10.1. The number of hydrogen-bond donors (Lipinski definition) is 1. The van der Waals surface area contributed by atoms with Crippen LogP contribution in [0, 0.1) is 5.92 Å². The Kier molecular flexibility index (Phi) is 3.29. The Bertz CT molecular complexity index is 348. The third-order valence-corrected chi connectivity index (χ3v) is 3.86. The van der Waals surface area contributed by atoms with Gasteiger partial charge in [-0.1, -0.05) is 18.2 Å². The minimum absolute atomic E-state index is 0.589. The van der Waals surface area contributed by atoms with Gasteiger partial charge in [0.05, 0.1) is 6.61 Å². The van der Waals surface area contributed by atoms with Crippen molar-refractivity contribution in [2.24, 2.45) is 5.92 Å². The zero-order valence-corrected chi connectivity index (χ0v) is 10.1. The Balaban J connectivity index is 1.67. The number of piperazine rings is 1. The summed E-state index contributed by atoms with van der Waals surface area (Å²) in [6, 6.07) is 11.3. The number of nitrogens with one attached hydrogen (secondary N) is 1. The lowest BCUT2D eigenvalue weighted by atomic mass is 9.97. The van der Waals surface area contributed by atoms with Crippen LogP contribution in [0.4, 0.5) is 5.69 Å². The molecule has 0 aromatic heterocycles. The molecule has 0 aliphatic carbocycles. The van der Waals surface area contributed by atoms with Crippen molar-refractivity contribution in [1.82, 2.24) is 5.32 Å². The molecule has 3 nitrogen and oxygen atoms in total. The van der Waals surface area contributed by atoms with Gasteiger partial charge < -0.3 is 15.0 Å². The van der Waals surface area contributed by atoms with Crippen molar-refractivity contribution >= 4 is 5.69 Å². The quantitative estimate of drug-likeness (QED) is 0.836. The van der Waals surface area contributed by atoms with Gasteiger partial charge in [-0.15, -0.1) is 0 Å². The highest BCUT2D eigenvalue weighted by Crippen LogP contribution is 2.22. The summed E-state index contributed by atoms with van der Waals surface area (Å²) < 4.78 is 5.49. The Morgan fingerprint density at radius 3 is 2.88 bits per heavy atom. The molecule has 2 atom stereocenters. The van der Waals surface area contributed by atoms with Crippen LogP contribution in [0.25, 0.3) is 0 Å². The van der Waals surface area contributed by atoms with Crippen molar-refractivity contribution in [2.45, 2.75) is 12.5 Å². The number of para-hydroxylation sites is 1. The van der Waals surface area contributed by atoms with Crippen LogP contribution in [0.3, 0.4) is 0 Å². The van der Waals surface area contributed by atoms with Crippen molar-refractivity contribution in [3.05, 3.63) is 30.3 Å². The molecule has 1 N–H and O–H groups in total. The first-order valence-electron chi connectivity index (χ1n) is 6.54. The molecule has 0 saturated carbocycles. The van der Waals surface area contributed by atoms with E-state index in [0.29, 0.717) is 12.0 Å². The minimum Gasteiger partial charge on any atom is -0.381 e. The van der Waals surface area contributed by atoms with Gasteiger partial charge in [0.25, 0.3) is 0 Å². The smallest absolute Gasteiger partial charge is 0.0510 e. The molecule has 0 radical (unpaired) electrons. The number of anilines is 1. The standard InChI is InChI=1S/C14H20N2O/c1-2-4-13(5-3-1)16-8-7-15-14(10-16)12-6-9-17-11-12/h1-5,12,14-15H,6-11H2/t12-,14?/m0/s1. The fourth-order valence-electron chi connectivity index (χ4n) is 2.84. The molecule has 2 saturated heterocycles. The molecule has 1 unspecified atom stereocenters. The van der Waals surface area contributed by atoms with Gasteiger partial charge in [-0.3, -0.25) is 0 Å². The minimum atomic E-state index is 0.589. The fourth-order valence-corrected chi connectivity index (χ4v) is 2.84. The van der Waals surface area contributed by atoms with Gasteiger partial charge in [0.15, 0.2) is 0 Å².